The SMILES string of the molecule is COc1cc(C2OCC3COCC32)cc(OC)c1O. The Morgan fingerprint density at radius 1 is 1.11 bits per heavy atom. The Bertz CT molecular complexity index is 448. The highest BCUT2D eigenvalue weighted by molar-refractivity contribution is 5.53. The van der Waals surface area contributed by atoms with E-state index in [0.717, 1.165) is 25.4 Å². The third kappa shape index (κ3) is 2.03. The Kier molecular flexibility index (Phi) is 3.24. The van der Waals surface area contributed by atoms with Gasteiger partial charge in [-0.2, -0.15) is 0 Å². The van der Waals surface area contributed by atoms with E-state index in [1.165, 1.54) is 14.2 Å². The summed E-state index contributed by atoms with van der Waals surface area (Å²) in [6, 6.07) is 3.62. The molecule has 5 heteroatoms. The molecule has 2 saturated heterocycles. The molecule has 3 unspecified atom stereocenters. The zero-order valence-electron chi connectivity index (χ0n) is 11.1. The van der Waals surface area contributed by atoms with Crippen molar-refractivity contribution in [3.63, 3.8) is 0 Å². The lowest BCUT2D eigenvalue weighted by Gasteiger charge is -2.19. The number of aromatic hydroxyl groups is 1. The van der Waals surface area contributed by atoms with Crippen LogP contribution in [0, 0.1) is 11.8 Å². The van der Waals surface area contributed by atoms with Gasteiger partial charge in [-0.25, -0.2) is 0 Å². The molecule has 1 aromatic rings. The number of rotatable bonds is 3. The van der Waals surface area contributed by atoms with Crippen LogP contribution in [-0.2, 0) is 9.47 Å². The van der Waals surface area contributed by atoms with Gasteiger partial charge in [0.1, 0.15) is 0 Å². The van der Waals surface area contributed by atoms with Gasteiger partial charge in [0, 0.05) is 11.8 Å². The van der Waals surface area contributed by atoms with Gasteiger partial charge in [0.2, 0.25) is 5.75 Å². The number of hydrogen-bond acceptors (Lipinski definition) is 5. The summed E-state index contributed by atoms with van der Waals surface area (Å²) in [4.78, 5) is 0. The van der Waals surface area contributed by atoms with Crippen molar-refractivity contribution in [1.29, 1.82) is 0 Å². The molecule has 0 saturated carbocycles. The van der Waals surface area contributed by atoms with Gasteiger partial charge in [0.15, 0.2) is 11.5 Å². The molecule has 3 rings (SSSR count). The van der Waals surface area contributed by atoms with Gasteiger partial charge >= 0.3 is 0 Å². The van der Waals surface area contributed by atoms with Crippen LogP contribution < -0.4 is 9.47 Å². The highest BCUT2D eigenvalue weighted by Gasteiger charge is 2.42. The molecule has 0 aliphatic carbocycles. The molecule has 2 aliphatic rings. The number of ether oxygens (including phenoxy) is 4. The molecule has 0 bridgehead atoms. The van der Waals surface area contributed by atoms with Crippen LogP contribution in [0.4, 0.5) is 0 Å². The molecule has 104 valence electrons. The average Bonchev–Trinajstić information content (AvgIpc) is 3.01. The summed E-state index contributed by atoms with van der Waals surface area (Å²) in [5.41, 5.74) is 0.963. The Morgan fingerprint density at radius 3 is 2.42 bits per heavy atom. The summed E-state index contributed by atoms with van der Waals surface area (Å²) in [5, 5.41) is 9.93. The number of phenolic OH excluding ortho intramolecular Hbond substituents is 1. The lowest BCUT2D eigenvalue weighted by molar-refractivity contribution is 0.0499. The molecule has 19 heavy (non-hydrogen) atoms. The van der Waals surface area contributed by atoms with Gasteiger partial charge in [-0.3, -0.25) is 0 Å². The smallest absolute Gasteiger partial charge is 0.200 e. The highest BCUT2D eigenvalue weighted by atomic mass is 16.5. The Morgan fingerprint density at radius 2 is 1.79 bits per heavy atom. The minimum Gasteiger partial charge on any atom is -0.502 e. The zero-order chi connectivity index (χ0) is 13.4. The number of fused-ring (bicyclic) bond motifs is 1. The zero-order valence-corrected chi connectivity index (χ0v) is 11.1. The van der Waals surface area contributed by atoms with E-state index in [-0.39, 0.29) is 11.9 Å². The summed E-state index contributed by atoms with van der Waals surface area (Å²) in [6.07, 6.45) is -0.0177. The third-order valence-electron chi connectivity index (χ3n) is 3.96. The molecule has 5 nitrogen and oxygen atoms in total. The molecular weight excluding hydrogens is 248 g/mol. The summed E-state index contributed by atoms with van der Waals surface area (Å²) >= 11 is 0. The van der Waals surface area contributed by atoms with Gasteiger partial charge in [0.05, 0.1) is 40.1 Å². The largest absolute Gasteiger partial charge is 0.502 e. The van der Waals surface area contributed by atoms with Gasteiger partial charge in [0.25, 0.3) is 0 Å². The number of hydrogen-bond donors (Lipinski definition) is 1. The van der Waals surface area contributed by atoms with Gasteiger partial charge in [-0.05, 0) is 17.7 Å². The van der Waals surface area contributed by atoms with Gasteiger partial charge in [-0.15, -0.1) is 0 Å². The van der Waals surface area contributed by atoms with Crippen molar-refractivity contribution in [2.45, 2.75) is 6.10 Å². The molecule has 2 aliphatic heterocycles. The van der Waals surface area contributed by atoms with Crippen LogP contribution in [-0.4, -0.2) is 39.1 Å². The van der Waals surface area contributed by atoms with Crippen LogP contribution in [0.25, 0.3) is 0 Å². The first-order valence-electron chi connectivity index (χ1n) is 6.38. The maximum atomic E-state index is 9.93. The van der Waals surface area contributed by atoms with Crippen molar-refractivity contribution in [3.8, 4) is 17.2 Å². The van der Waals surface area contributed by atoms with Crippen LogP contribution in [0.15, 0.2) is 12.1 Å². The van der Waals surface area contributed by atoms with Gasteiger partial charge < -0.3 is 24.1 Å². The fraction of sp³-hybridized carbons (Fsp3) is 0.571. The highest BCUT2D eigenvalue weighted by Crippen LogP contribution is 2.46. The maximum Gasteiger partial charge on any atom is 0.200 e. The lowest BCUT2D eigenvalue weighted by atomic mass is 9.90. The Hall–Kier alpha value is -1.46. The van der Waals surface area contributed by atoms with Crippen LogP contribution >= 0.6 is 0 Å². The first-order chi connectivity index (χ1) is 9.24. The maximum absolute atomic E-state index is 9.93. The Balaban J connectivity index is 1.96. The van der Waals surface area contributed by atoms with E-state index in [9.17, 15) is 5.11 Å². The monoisotopic (exact) mass is 266 g/mol. The van der Waals surface area contributed by atoms with E-state index in [1.54, 1.807) is 0 Å². The van der Waals surface area contributed by atoms with Crippen LogP contribution in [0.1, 0.15) is 11.7 Å². The minimum atomic E-state index is -0.0177. The summed E-state index contributed by atoms with van der Waals surface area (Å²) in [5.74, 6) is 1.67. The summed E-state index contributed by atoms with van der Waals surface area (Å²) < 4.78 is 21.7. The van der Waals surface area contributed by atoms with E-state index in [4.69, 9.17) is 18.9 Å². The van der Waals surface area contributed by atoms with E-state index < -0.39 is 0 Å². The van der Waals surface area contributed by atoms with Crippen molar-refractivity contribution in [1.82, 2.24) is 0 Å². The number of methoxy groups -OCH3 is 2. The molecule has 0 spiro atoms. The van der Waals surface area contributed by atoms with E-state index in [1.807, 2.05) is 12.1 Å². The van der Waals surface area contributed by atoms with E-state index in [0.29, 0.717) is 23.3 Å². The van der Waals surface area contributed by atoms with Crippen molar-refractivity contribution in [2.24, 2.45) is 11.8 Å². The topological polar surface area (TPSA) is 57.2 Å². The van der Waals surface area contributed by atoms with Crippen molar-refractivity contribution >= 4 is 0 Å². The molecule has 0 aromatic heterocycles. The quantitative estimate of drug-likeness (QED) is 0.903. The van der Waals surface area contributed by atoms with Crippen LogP contribution in [0.2, 0.25) is 0 Å². The van der Waals surface area contributed by atoms with Crippen LogP contribution in [0.5, 0.6) is 17.2 Å². The molecule has 2 heterocycles. The Labute approximate surface area is 112 Å². The second-order valence-corrected chi connectivity index (χ2v) is 4.99. The van der Waals surface area contributed by atoms with E-state index >= 15 is 0 Å². The van der Waals surface area contributed by atoms with Crippen molar-refractivity contribution < 1.29 is 24.1 Å². The van der Waals surface area contributed by atoms with Crippen molar-refractivity contribution in [2.75, 3.05) is 34.0 Å². The number of phenols is 1. The van der Waals surface area contributed by atoms with E-state index in [2.05, 4.69) is 0 Å². The molecule has 1 N–H and O–H groups in total. The van der Waals surface area contributed by atoms with Crippen LogP contribution in [0.3, 0.4) is 0 Å². The first-order valence-corrected chi connectivity index (χ1v) is 6.38. The fourth-order valence-corrected chi connectivity index (χ4v) is 2.89. The molecular formula is C14H18O5. The molecule has 0 radical (unpaired) electrons. The van der Waals surface area contributed by atoms with Crippen molar-refractivity contribution in [3.05, 3.63) is 17.7 Å². The second kappa shape index (κ2) is 4.90. The molecule has 2 fully saturated rings. The minimum absolute atomic E-state index is 0.0177. The molecule has 3 atom stereocenters. The predicted molar refractivity (Wildman–Crippen MR) is 67.7 cm³/mol. The lowest BCUT2D eigenvalue weighted by Crippen LogP contribution is -2.13. The normalized spacial score (nSPS) is 29.3. The number of benzene rings is 1. The average molecular weight is 266 g/mol. The molecule has 0 amide bonds. The fourth-order valence-electron chi connectivity index (χ4n) is 2.89. The predicted octanol–water partition coefficient (Wildman–Crippen LogP) is 1.74. The third-order valence-corrected chi connectivity index (χ3v) is 3.96. The second-order valence-electron chi connectivity index (χ2n) is 4.99. The standard InChI is InChI=1S/C14H18O5/c1-16-11-3-8(4-12(17-2)13(11)15)14-10-7-18-5-9(10)6-19-14/h3-4,9-10,14-15H,5-7H2,1-2H3. The summed E-state index contributed by atoms with van der Waals surface area (Å²) in [7, 11) is 3.05. The summed E-state index contributed by atoms with van der Waals surface area (Å²) in [6.45, 7) is 2.22. The first kappa shape index (κ1) is 12.6. The molecule has 1 aromatic carbocycles. The van der Waals surface area contributed by atoms with Gasteiger partial charge in [-0.1, -0.05) is 0 Å².